The lowest BCUT2D eigenvalue weighted by atomic mass is 9.83. The van der Waals surface area contributed by atoms with Crippen molar-refractivity contribution in [2.45, 2.75) is 38.2 Å². The fourth-order valence-corrected chi connectivity index (χ4v) is 2.18. The molecule has 0 spiro atoms. The van der Waals surface area contributed by atoms with Gasteiger partial charge in [-0.15, -0.1) is 0 Å². The third-order valence-corrected chi connectivity index (χ3v) is 3.19. The number of alkyl halides is 2. The molecule has 4 unspecified atom stereocenters. The highest BCUT2D eigenvalue weighted by atomic mass is 19.1. The molecular weight excluding hydrogens is 184 g/mol. The van der Waals surface area contributed by atoms with Gasteiger partial charge in [-0.2, -0.15) is 0 Å². The molecule has 0 aromatic carbocycles. The molecule has 0 aliphatic heterocycles. The zero-order valence-electron chi connectivity index (χ0n) is 8.24. The minimum Gasteiger partial charge on any atom is -0.348 e. The van der Waals surface area contributed by atoms with E-state index in [1.54, 1.807) is 6.92 Å². The van der Waals surface area contributed by atoms with Crippen LogP contribution in [-0.4, -0.2) is 16.9 Å². The number of hydrogen-bond acceptors (Lipinski definition) is 0. The lowest BCUT2D eigenvalue weighted by molar-refractivity contribution is 0.0460. The Morgan fingerprint density at radius 3 is 2.43 bits per heavy atom. The first-order valence-corrected chi connectivity index (χ1v) is 5.10. The van der Waals surface area contributed by atoms with Gasteiger partial charge in [0.2, 0.25) is 0 Å². The summed E-state index contributed by atoms with van der Waals surface area (Å²) in [4.78, 5) is 0. The number of aromatic nitrogens is 1. The summed E-state index contributed by atoms with van der Waals surface area (Å²) in [5, 5.41) is 0. The maximum absolute atomic E-state index is 13.8. The Kier molecular flexibility index (Phi) is 2.57. The van der Waals surface area contributed by atoms with Crippen LogP contribution in [0.1, 0.15) is 25.8 Å². The van der Waals surface area contributed by atoms with Crippen LogP contribution in [0.5, 0.6) is 0 Å². The summed E-state index contributed by atoms with van der Waals surface area (Å²) in [7, 11) is 0. The van der Waals surface area contributed by atoms with Crippen LogP contribution in [0.2, 0.25) is 0 Å². The second kappa shape index (κ2) is 3.71. The molecule has 1 aromatic heterocycles. The fourth-order valence-electron chi connectivity index (χ4n) is 2.18. The average molecular weight is 199 g/mol. The molecule has 0 amide bonds. The molecule has 0 saturated heterocycles. The molecule has 3 heteroatoms. The minimum absolute atomic E-state index is 0.174. The van der Waals surface area contributed by atoms with Crippen molar-refractivity contribution in [1.29, 1.82) is 0 Å². The Morgan fingerprint density at radius 2 is 1.79 bits per heavy atom. The van der Waals surface area contributed by atoms with Crippen molar-refractivity contribution >= 4 is 0 Å². The molecule has 1 aliphatic rings. The summed E-state index contributed by atoms with van der Waals surface area (Å²) in [5.74, 6) is -0.476. The van der Waals surface area contributed by atoms with Crippen molar-refractivity contribution in [2.24, 2.45) is 5.92 Å². The van der Waals surface area contributed by atoms with E-state index in [0.717, 1.165) is 0 Å². The second-order valence-electron chi connectivity index (χ2n) is 4.09. The van der Waals surface area contributed by atoms with Crippen LogP contribution in [0.3, 0.4) is 0 Å². The van der Waals surface area contributed by atoms with Gasteiger partial charge in [-0.3, -0.25) is 0 Å². The number of hydrogen-bond donors (Lipinski definition) is 0. The third kappa shape index (κ3) is 1.56. The van der Waals surface area contributed by atoms with E-state index in [4.69, 9.17) is 0 Å². The first-order valence-electron chi connectivity index (χ1n) is 5.10. The molecule has 1 aliphatic carbocycles. The predicted molar refractivity (Wildman–Crippen MR) is 51.7 cm³/mol. The van der Waals surface area contributed by atoms with Gasteiger partial charge in [0, 0.05) is 18.3 Å². The van der Waals surface area contributed by atoms with Crippen LogP contribution < -0.4 is 0 Å². The Morgan fingerprint density at radius 1 is 1.14 bits per heavy atom. The molecule has 0 N–H and O–H groups in total. The van der Waals surface area contributed by atoms with Crippen molar-refractivity contribution in [3.8, 4) is 0 Å². The van der Waals surface area contributed by atoms with Crippen LogP contribution in [0.15, 0.2) is 24.5 Å². The summed E-state index contributed by atoms with van der Waals surface area (Å²) in [6.45, 7) is 1.66. The normalized spacial score (nSPS) is 38.5. The highest BCUT2D eigenvalue weighted by Gasteiger charge is 2.37. The smallest absolute Gasteiger partial charge is 0.126 e. The third-order valence-electron chi connectivity index (χ3n) is 3.19. The Bertz CT molecular complexity index is 283. The summed E-state index contributed by atoms with van der Waals surface area (Å²) in [6, 6.07) is 3.57. The van der Waals surface area contributed by atoms with Gasteiger partial charge in [0.05, 0.1) is 6.04 Å². The quantitative estimate of drug-likeness (QED) is 0.654. The zero-order valence-corrected chi connectivity index (χ0v) is 8.24. The summed E-state index contributed by atoms with van der Waals surface area (Å²) in [5.41, 5.74) is 0. The van der Waals surface area contributed by atoms with Gasteiger partial charge in [0.15, 0.2) is 0 Å². The number of nitrogens with zero attached hydrogens (tertiary/aromatic N) is 1. The SMILES string of the molecule is CC1C(F)CCC(n2cccc2)C1F. The standard InChI is InChI=1S/C11H15F2N/c1-8-9(12)4-5-10(11(8)13)14-6-2-3-7-14/h2-3,6-11H,4-5H2,1H3. The molecule has 0 bridgehead atoms. The Hall–Kier alpha value is -0.860. The van der Waals surface area contributed by atoms with E-state index >= 15 is 0 Å². The van der Waals surface area contributed by atoms with E-state index in [1.807, 2.05) is 29.1 Å². The number of halogens is 2. The molecule has 1 heterocycles. The zero-order chi connectivity index (χ0) is 10.1. The topological polar surface area (TPSA) is 4.93 Å². The van der Waals surface area contributed by atoms with Gasteiger partial charge < -0.3 is 4.57 Å². The van der Waals surface area contributed by atoms with Gasteiger partial charge in [-0.05, 0) is 25.0 Å². The summed E-state index contributed by atoms with van der Waals surface area (Å²) < 4.78 is 28.8. The van der Waals surface area contributed by atoms with E-state index in [9.17, 15) is 8.78 Å². The van der Waals surface area contributed by atoms with Crippen molar-refractivity contribution in [1.82, 2.24) is 4.57 Å². The van der Waals surface area contributed by atoms with Crippen molar-refractivity contribution in [3.63, 3.8) is 0 Å². The molecule has 2 rings (SSSR count). The van der Waals surface area contributed by atoms with Crippen LogP contribution >= 0.6 is 0 Å². The molecular formula is C11H15F2N. The maximum atomic E-state index is 13.8. The van der Waals surface area contributed by atoms with Crippen molar-refractivity contribution in [2.75, 3.05) is 0 Å². The van der Waals surface area contributed by atoms with Gasteiger partial charge >= 0.3 is 0 Å². The first kappa shape index (κ1) is 9.69. The van der Waals surface area contributed by atoms with Crippen LogP contribution in [0.25, 0.3) is 0 Å². The molecule has 1 aromatic rings. The van der Waals surface area contributed by atoms with Crippen LogP contribution in [0.4, 0.5) is 8.78 Å². The van der Waals surface area contributed by atoms with E-state index in [-0.39, 0.29) is 6.04 Å². The molecule has 4 atom stereocenters. The summed E-state index contributed by atoms with van der Waals surface area (Å²) in [6.07, 6.45) is 2.74. The predicted octanol–water partition coefficient (Wildman–Crippen LogP) is 3.14. The fraction of sp³-hybridized carbons (Fsp3) is 0.636. The Labute approximate surface area is 82.7 Å². The van der Waals surface area contributed by atoms with Gasteiger partial charge in [-0.25, -0.2) is 8.78 Å². The number of rotatable bonds is 1. The van der Waals surface area contributed by atoms with E-state index < -0.39 is 18.3 Å². The first-order chi connectivity index (χ1) is 6.70. The largest absolute Gasteiger partial charge is 0.348 e. The molecule has 1 fully saturated rings. The minimum atomic E-state index is -1.06. The molecule has 1 nitrogen and oxygen atoms in total. The lowest BCUT2D eigenvalue weighted by Crippen LogP contribution is -2.36. The average Bonchev–Trinajstić information content (AvgIpc) is 2.67. The molecule has 1 saturated carbocycles. The van der Waals surface area contributed by atoms with Gasteiger partial charge in [0.1, 0.15) is 12.3 Å². The Balaban J connectivity index is 2.14. The van der Waals surface area contributed by atoms with Gasteiger partial charge in [0.25, 0.3) is 0 Å². The van der Waals surface area contributed by atoms with E-state index in [0.29, 0.717) is 12.8 Å². The van der Waals surface area contributed by atoms with Crippen LogP contribution in [-0.2, 0) is 0 Å². The van der Waals surface area contributed by atoms with Crippen molar-refractivity contribution < 1.29 is 8.78 Å². The van der Waals surface area contributed by atoms with Gasteiger partial charge in [-0.1, -0.05) is 6.92 Å². The highest BCUT2D eigenvalue weighted by molar-refractivity contribution is 4.98. The monoisotopic (exact) mass is 199 g/mol. The van der Waals surface area contributed by atoms with Crippen LogP contribution in [0, 0.1) is 5.92 Å². The molecule has 14 heavy (non-hydrogen) atoms. The molecule has 0 radical (unpaired) electrons. The van der Waals surface area contributed by atoms with E-state index in [1.165, 1.54) is 0 Å². The van der Waals surface area contributed by atoms with E-state index in [2.05, 4.69) is 0 Å². The second-order valence-corrected chi connectivity index (χ2v) is 4.09. The lowest BCUT2D eigenvalue weighted by Gasteiger charge is -2.34. The molecule has 78 valence electrons. The summed E-state index contributed by atoms with van der Waals surface area (Å²) >= 11 is 0. The highest BCUT2D eigenvalue weighted by Crippen LogP contribution is 2.36. The van der Waals surface area contributed by atoms with Crippen molar-refractivity contribution in [3.05, 3.63) is 24.5 Å². The maximum Gasteiger partial charge on any atom is 0.126 e.